The lowest BCUT2D eigenvalue weighted by atomic mass is 9.36. The van der Waals surface area contributed by atoms with E-state index in [-0.39, 0.29) is 45.0 Å². The van der Waals surface area contributed by atoms with E-state index in [9.17, 15) is 24.9 Å². The molecule has 0 bridgehead atoms. The Morgan fingerprint density at radius 1 is 0.974 bits per heavy atom. The summed E-state index contributed by atoms with van der Waals surface area (Å²) in [5.74, 6) is -1.44. The summed E-state index contributed by atoms with van der Waals surface area (Å²) in [6.45, 7) is 14.6. The van der Waals surface area contributed by atoms with Gasteiger partial charge in [-0.2, -0.15) is 0 Å². The summed E-state index contributed by atoms with van der Waals surface area (Å²) < 4.78 is 5.90. The van der Waals surface area contributed by atoms with Gasteiger partial charge in [0, 0.05) is 17.9 Å². The Kier molecular flexibility index (Phi) is 6.36. The third-order valence-corrected chi connectivity index (χ3v) is 13.0. The Bertz CT molecular complexity index is 1100. The highest BCUT2D eigenvalue weighted by Crippen LogP contribution is 2.87. The summed E-state index contributed by atoms with van der Waals surface area (Å²) in [7, 11) is 0. The van der Waals surface area contributed by atoms with Gasteiger partial charge in [-0.15, -0.1) is 0 Å². The first-order valence-corrected chi connectivity index (χ1v) is 14.7. The molecule has 1 spiro atoms. The maximum Gasteiger partial charge on any atom is 0.331 e. The first-order chi connectivity index (χ1) is 17.6. The van der Waals surface area contributed by atoms with Crippen molar-refractivity contribution in [2.75, 3.05) is 0 Å². The lowest BCUT2D eigenvalue weighted by Gasteiger charge is -2.69. The number of aliphatic hydroxyl groups excluding tert-OH is 2. The molecule has 5 fully saturated rings. The highest BCUT2D eigenvalue weighted by Gasteiger charge is 2.82. The molecule has 212 valence electrons. The molecule has 0 amide bonds. The molecule has 38 heavy (non-hydrogen) atoms. The van der Waals surface area contributed by atoms with Gasteiger partial charge >= 0.3 is 11.9 Å². The molecule has 0 aromatic rings. The molecule has 0 radical (unpaired) electrons. The van der Waals surface area contributed by atoms with Crippen molar-refractivity contribution in [3.63, 3.8) is 0 Å². The van der Waals surface area contributed by atoms with E-state index in [4.69, 9.17) is 4.74 Å². The highest BCUT2D eigenvalue weighted by atomic mass is 16.5. The van der Waals surface area contributed by atoms with Crippen molar-refractivity contribution in [1.29, 1.82) is 0 Å². The number of carboxylic acids is 1. The molecular weight excluding hydrogens is 480 g/mol. The number of esters is 1. The van der Waals surface area contributed by atoms with Gasteiger partial charge in [0.2, 0.25) is 0 Å². The Hall–Kier alpha value is -1.66. The number of carboxylic acid groups (broad SMARTS) is 1. The van der Waals surface area contributed by atoms with Gasteiger partial charge in [0.1, 0.15) is 6.10 Å². The minimum absolute atomic E-state index is 0.0507. The number of fused-ring (bicyclic) bond motifs is 4. The minimum Gasteiger partial charge on any atom is -0.478 e. The summed E-state index contributed by atoms with van der Waals surface area (Å²) in [6, 6.07) is 0. The maximum absolute atomic E-state index is 12.7. The molecule has 10 atom stereocenters. The van der Waals surface area contributed by atoms with Gasteiger partial charge in [-0.05, 0) is 111 Å². The smallest absolute Gasteiger partial charge is 0.331 e. The summed E-state index contributed by atoms with van der Waals surface area (Å²) in [5, 5.41) is 33.3. The highest BCUT2D eigenvalue weighted by molar-refractivity contribution is 5.88. The average Bonchev–Trinajstić information content (AvgIpc) is 3.35. The first kappa shape index (κ1) is 27.9. The van der Waals surface area contributed by atoms with Crippen LogP contribution in [0.25, 0.3) is 0 Å². The number of carbonyl (C=O) groups excluding carboxylic acids is 1. The van der Waals surface area contributed by atoms with E-state index in [1.807, 2.05) is 13.8 Å². The van der Waals surface area contributed by atoms with Gasteiger partial charge < -0.3 is 20.1 Å². The lowest BCUT2D eigenvalue weighted by molar-refractivity contribution is -0.237. The molecule has 5 aliphatic carbocycles. The van der Waals surface area contributed by atoms with Crippen molar-refractivity contribution in [3.8, 4) is 0 Å². The predicted octanol–water partition coefficient (Wildman–Crippen LogP) is 5.81. The molecule has 5 aliphatic rings. The summed E-state index contributed by atoms with van der Waals surface area (Å²) >= 11 is 0. The van der Waals surface area contributed by atoms with Crippen LogP contribution in [0.3, 0.4) is 0 Å². The fraction of sp³-hybridized carbons (Fsp3) is 0.812. The largest absolute Gasteiger partial charge is 0.478 e. The molecular formula is C32H48O6. The van der Waals surface area contributed by atoms with Crippen molar-refractivity contribution >= 4 is 11.9 Å². The van der Waals surface area contributed by atoms with E-state index < -0.39 is 24.1 Å². The third-order valence-electron chi connectivity index (χ3n) is 13.0. The molecule has 5 saturated carbocycles. The Morgan fingerprint density at radius 3 is 2.26 bits per heavy atom. The van der Waals surface area contributed by atoms with Gasteiger partial charge in [0.05, 0.1) is 12.2 Å². The van der Waals surface area contributed by atoms with Crippen molar-refractivity contribution in [2.24, 2.45) is 38.9 Å². The lowest BCUT2D eigenvalue weighted by Crippen LogP contribution is -2.66. The summed E-state index contributed by atoms with van der Waals surface area (Å²) in [6.07, 6.45) is 7.35. The van der Waals surface area contributed by atoms with Crippen LogP contribution in [0.2, 0.25) is 0 Å². The normalized spacial score (nSPS) is 50.1. The first-order valence-electron chi connectivity index (χ1n) is 14.7. The molecule has 3 N–H and O–H groups in total. The Labute approximate surface area is 227 Å². The Morgan fingerprint density at radius 2 is 1.66 bits per heavy atom. The van der Waals surface area contributed by atoms with Crippen LogP contribution in [-0.4, -0.2) is 45.6 Å². The van der Waals surface area contributed by atoms with Crippen LogP contribution >= 0.6 is 0 Å². The quantitative estimate of drug-likeness (QED) is 0.236. The summed E-state index contributed by atoms with van der Waals surface area (Å²) in [5.41, 5.74) is 1.55. The second-order valence-corrected chi connectivity index (χ2v) is 14.7. The van der Waals surface area contributed by atoms with Gasteiger partial charge in [0.25, 0.3) is 0 Å². The van der Waals surface area contributed by atoms with Gasteiger partial charge in [-0.25, -0.2) is 4.79 Å². The number of hydrogen-bond donors (Lipinski definition) is 3. The van der Waals surface area contributed by atoms with Crippen LogP contribution in [0.4, 0.5) is 0 Å². The fourth-order valence-corrected chi connectivity index (χ4v) is 11.0. The molecule has 6 nitrogen and oxygen atoms in total. The second kappa shape index (κ2) is 8.67. The van der Waals surface area contributed by atoms with Crippen molar-refractivity contribution in [1.82, 2.24) is 0 Å². The molecule has 0 saturated heterocycles. The van der Waals surface area contributed by atoms with Crippen LogP contribution in [0, 0.1) is 38.9 Å². The van der Waals surface area contributed by atoms with Crippen LogP contribution < -0.4 is 0 Å². The number of allylic oxidation sites excluding steroid dienone is 2. The molecule has 0 aromatic heterocycles. The monoisotopic (exact) mass is 528 g/mol. The van der Waals surface area contributed by atoms with E-state index in [1.165, 1.54) is 6.92 Å². The zero-order chi connectivity index (χ0) is 28.1. The zero-order valence-corrected chi connectivity index (χ0v) is 24.4. The van der Waals surface area contributed by atoms with E-state index in [1.54, 1.807) is 0 Å². The number of aliphatic carboxylic acids is 1. The Balaban J connectivity index is 1.61. The number of aliphatic hydroxyl groups is 2. The number of hydrogen-bond acceptors (Lipinski definition) is 5. The summed E-state index contributed by atoms with van der Waals surface area (Å²) in [4.78, 5) is 24.9. The molecule has 6 heteroatoms. The SMILES string of the molecule is CC(=O)O[C@H]1C[C@@]2(C)[C@@H](C[C@@H](O)[C@@H]3[C@]2(C)CC[C@@]24C[C@@]2(C)[C@H](O)CC[C@]34C)/C1=C(\CCC=C(C)C)C(=O)O. The molecule has 0 aromatic carbocycles. The van der Waals surface area contributed by atoms with Crippen LogP contribution in [0.5, 0.6) is 0 Å². The van der Waals surface area contributed by atoms with Crippen LogP contribution in [0.1, 0.15) is 106 Å². The molecule has 0 heterocycles. The maximum atomic E-state index is 12.7. The van der Waals surface area contributed by atoms with Crippen molar-refractivity contribution in [3.05, 3.63) is 22.8 Å². The fourth-order valence-electron chi connectivity index (χ4n) is 11.0. The minimum atomic E-state index is -0.949. The van der Waals surface area contributed by atoms with E-state index in [0.717, 1.165) is 43.3 Å². The van der Waals surface area contributed by atoms with E-state index >= 15 is 0 Å². The van der Waals surface area contributed by atoms with Crippen molar-refractivity contribution in [2.45, 2.75) is 125 Å². The van der Waals surface area contributed by atoms with Gasteiger partial charge in [-0.1, -0.05) is 39.3 Å². The average molecular weight is 529 g/mol. The molecule has 0 aliphatic heterocycles. The predicted molar refractivity (Wildman–Crippen MR) is 145 cm³/mol. The van der Waals surface area contributed by atoms with Crippen LogP contribution in [-0.2, 0) is 14.3 Å². The zero-order valence-electron chi connectivity index (χ0n) is 24.4. The topological polar surface area (TPSA) is 104 Å². The second-order valence-electron chi connectivity index (χ2n) is 14.7. The van der Waals surface area contributed by atoms with Gasteiger partial charge in [-0.3, -0.25) is 4.79 Å². The van der Waals surface area contributed by atoms with E-state index in [0.29, 0.717) is 31.3 Å². The molecule has 5 rings (SSSR count). The van der Waals surface area contributed by atoms with E-state index in [2.05, 4.69) is 33.8 Å². The number of carbonyl (C=O) groups is 2. The third kappa shape index (κ3) is 3.44. The van der Waals surface area contributed by atoms with Gasteiger partial charge in [0.15, 0.2) is 0 Å². The molecule has 0 unspecified atom stereocenters. The number of rotatable bonds is 5. The van der Waals surface area contributed by atoms with Crippen LogP contribution in [0.15, 0.2) is 22.8 Å². The van der Waals surface area contributed by atoms with Crippen molar-refractivity contribution < 1.29 is 29.6 Å². The standard InChI is InChI=1S/C32H48O6/c1-18(2)9-8-10-20(27(36)37)25-21-15-22(34)26-28(4,30(21,6)16-23(25)38-19(3)33)13-14-32-17-31(32,7)24(35)11-12-29(26,32)5/h9,21-24,26,34-35H,8,10-17H2,1-7H3,(H,36,37)/b25-20-/t21-,22+,23-,24+,26+,28-,29+,30-,31-,32-/m0/s1. The number of ether oxygens (including phenoxy) is 1.